The molecule has 2 heterocycles. The number of ether oxygens (including phenoxy) is 1. The average Bonchev–Trinajstić information content (AvgIpc) is 3.38. The maximum Gasteiger partial charge on any atom is 0.418 e. The van der Waals surface area contributed by atoms with Gasteiger partial charge in [0.15, 0.2) is 9.84 Å². The summed E-state index contributed by atoms with van der Waals surface area (Å²) in [6.45, 7) is 0. The minimum Gasteiger partial charge on any atom is -0.495 e. The molecule has 0 aliphatic heterocycles. The van der Waals surface area contributed by atoms with Crippen molar-refractivity contribution in [2.75, 3.05) is 18.7 Å². The molecular formula is C19H18F3N3O3S. The lowest BCUT2D eigenvalue weighted by atomic mass is 10.0. The van der Waals surface area contributed by atoms with Gasteiger partial charge < -0.3 is 15.0 Å². The first-order chi connectivity index (χ1) is 13.6. The van der Waals surface area contributed by atoms with Crippen molar-refractivity contribution in [3.63, 3.8) is 0 Å². The smallest absolute Gasteiger partial charge is 0.418 e. The number of H-pyrrole nitrogens is 1. The molecule has 0 spiro atoms. The first-order valence-corrected chi connectivity index (χ1v) is 10.7. The predicted molar refractivity (Wildman–Crippen MR) is 102 cm³/mol. The Labute approximate surface area is 165 Å². The van der Waals surface area contributed by atoms with Crippen molar-refractivity contribution in [2.24, 2.45) is 0 Å². The number of aromatic nitrogens is 2. The molecule has 4 rings (SSSR count). The second-order valence-electron chi connectivity index (χ2n) is 7.05. The molecule has 3 aromatic rings. The molecule has 0 radical (unpaired) electrons. The van der Waals surface area contributed by atoms with E-state index in [9.17, 15) is 21.6 Å². The molecule has 154 valence electrons. The molecule has 2 aromatic heterocycles. The van der Waals surface area contributed by atoms with Crippen molar-refractivity contribution < 1.29 is 26.3 Å². The molecule has 1 fully saturated rings. The monoisotopic (exact) mass is 425 g/mol. The second-order valence-corrected chi connectivity index (χ2v) is 9.07. The molecule has 29 heavy (non-hydrogen) atoms. The number of benzene rings is 1. The normalized spacial score (nSPS) is 14.9. The van der Waals surface area contributed by atoms with E-state index in [1.165, 1.54) is 25.3 Å². The number of halogens is 3. The molecule has 0 unspecified atom stereocenters. The van der Waals surface area contributed by atoms with Crippen molar-refractivity contribution in [3.8, 4) is 5.75 Å². The fourth-order valence-electron chi connectivity index (χ4n) is 3.31. The van der Waals surface area contributed by atoms with E-state index in [0.717, 1.165) is 25.3 Å². The van der Waals surface area contributed by atoms with E-state index in [-0.39, 0.29) is 27.6 Å². The largest absolute Gasteiger partial charge is 0.495 e. The Morgan fingerprint density at radius 1 is 1.24 bits per heavy atom. The Balaban J connectivity index is 1.78. The summed E-state index contributed by atoms with van der Waals surface area (Å²) < 4.78 is 68.9. The van der Waals surface area contributed by atoms with Crippen LogP contribution in [0.2, 0.25) is 0 Å². The summed E-state index contributed by atoms with van der Waals surface area (Å²) in [5, 5.41) is 3.13. The maximum absolute atomic E-state index is 13.4. The molecule has 6 nitrogen and oxygen atoms in total. The number of nitrogens with zero attached hydrogens (tertiary/aromatic N) is 1. The van der Waals surface area contributed by atoms with Crippen molar-refractivity contribution in [1.82, 2.24) is 9.97 Å². The van der Waals surface area contributed by atoms with E-state index in [1.54, 1.807) is 6.07 Å². The second kappa shape index (κ2) is 6.65. The SMILES string of the molecule is COc1cc(S(C)(=O)=O)ccc1Nc1cc(C2CC2)c2c(C(F)(F)F)c[nH]c2n1. The highest BCUT2D eigenvalue weighted by Crippen LogP contribution is 2.47. The van der Waals surface area contributed by atoms with Gasteiger partial charge in [0.25, 0.3) is 0 Å². The van der Waals surface area contributed by atoms with Crippen LogP contribution in [0.4, 0.5) is 24.7 Å². The summed E-state index contributed by atoms with van der Waals surface area (Å²) in [5.41, 5.74) is 0.480. The lowest BCUT2D eigenvalue weighted by molar-refractivity contribution is -0.136. The topological polar surface area (TPSA) is 84.1 Å². The quantitative estimate of drug-likeness (QED) is 0.624. The van der Waals surface area contributed by atoms with Gasteiger partial charge in [-0.05, 0) is 42.5 Å². The summed E-state index contributed by atoms with van der Waals surface area (Å²) in [4.78, 5) is 7.00. The minimum atomic E-state index is -4.47. The molecule has 0 bridgehead atoms. The molecule has 10 heteroatoms. The van der Waals surface area contributed by atoms with Crippen molar-refractivity contribution in [2.45, 2.75) is 29.8 Å². The van der Waals surface area contributed by atoms with Gasteiger partial charge in [0.2, 0.25) is 0 Å². The number of nitrogens with one attached hydrogen (secondary N) is 2. The first kappa shape index (κ1) is 19.6. The van der Waals surface area contributed by atoms with Crippen LogP contribution < -0.4 is 10.1 Å². The number of sulfone groups is 1. The zero-order chi connectivity index (χ0) is 21.0. The van der Waals surface area contributed by atoms with E-state index >= 15 is 0 Å². The fraction of sp³-hybridized carbons (Fsp3) is 0.316. The Morgan fingerprint density at radius 3 is 2.55 bits per heavy atom. The maximum atomic E-state index is 13.4. The molecule has 0 atom stereocenters. The highest BCUT2D eigenvalue weighted by Gasteiger charge is 2.37. The minimum absolute atomic E-state index is 0.0625. The van der Waals surface area contributed by atoms with Gasteiger partial charge in [-0.1, -0.05) is 0 Å². The average molecular weight is 425 g/mol. The number of hydrogen-bond donors (Lipinski definition) is 2. The standard InChI is InChI=1S/C19H18F3N3O3S/c1-28-15-7-11(29(2,26)27)5-6-14(15)24-16-8-12(10-3-4-10)17-13(19(20,21)22)9-23-18(17)25-16/h5-10H,3-4H2,1-2H3,(H2,23,24,25). The Morgan fingerprint density at radius 2 is 1.97 bits per heavy atom. The Hall–Kier alpha value is -2.75. The third-order valence-electron chi connectivity index (χ3n) is 4.86. The van der Waals surface area contributed by atoms with Gasteiger partial charge in [-0.3, -0.25) is 0 Å². The highest BCUT2D eigenvalue weighted by atomic mass is 32.2. The number of hydrogen-bond acceptors (Lipinski definition) is 5. The number of aromatic amines is 1. The van der Waals surface area contributed by atoms with Crippen LogP contribution in [0.3, 0.4) is 0 Å². The highest BCUT2D eigenvalue weighted by molar-refractivity contribution is 7.90. The fourth-order valence-corrected chi connectivity index (χ4v) is 3.95. The van der Waals surface area contributed by atoms with Crippen LogP contribution in [0.25, 0.3) is 11.0 Å². The molecule has 1 aliphatic carbocycles. The summed E-state index contributed by atoms with van der Waals surface area (Å²) in [6, 6.07) is 5.96. The van der Waals surface area contributed by atoms with E-state index in [0.29, 0.717) is 17.1 Å². The molecular weight excluding hydrogens is 407 g/mol. The number of alkyl halides is 3. The molecule has 1 aliphatic rings. The lowest BCUT2D eigenvalue weighted by Crippen LogP contribution is -2.05. The zero-order valence-electron chi connectivity index (χ0n) is 15.6. The summed E-state index contributed by atoms with van der Waals surface area (Å²) >= 11 is 0. The van der Waals surface area contributed by atoms with Crippen LogP contribution in [0.15, 0.2) is 35.4 Å². The summed E-state index contributed by atoms with van der Waals surface area (Å²) in [5.74, 6) is 0.693. The molecule has 1 saturated carbocycles. The molecule has 0 amide bonds. The van der Waals surface area contributed by atoms with Gasteiger partial charge in [-0.15, -0.1) is 0 Å². The van der Waals surface area contributed by atoms with Crippen molar-refractivity contribution in [3.05, 3.63) is 41.6 Å². The van der Waals surface area contributed by atoms with Crippen molar-refractivity contribution in [1.29, 1.82) is 0 Å². The van der Waals surface area contributed by atoms with E-state index < -0.39 is 21.6 Å². The van der Waals surface area contributed by atoms with E-state index in [1.807, 2.05) is 0 Å². The van der Waals surface area contributed by atoms with E-state index in [2.05, 4.69) is 15.3 Å². The third kappa shape index (κ3) is 3.76. The predicted octanol–water partition coefficient (Wildman–Crippen LogP) is 4.61. The number of pyridine rings is 1. The lowest BCUT2D eigenvalue weighted by Gasteiger charge is -2.14. The van der Waals surface area contributed by atoms with Gasteiger partial charge in [0.1, 0.15) is 17.2 Å². The van der Waals surface area contributed by atoms with Gasteiger partial charge in [-0.25, -0.2) is 13.4 Å². The van der Waals surface area contributed by atoms with Gasteiger partial charge in [0, 0.05) is 23.9 Å². The summed E-state index contributed by atoms with van der Waals surface area (Å²) in [6.07, 6.45) is -0.783. The Kier molecular flexibility index (Phi) is 4.49. The van der Waals surface area contributed by atoms with Crippen LogP contribution in [-0.4, -0.2) is 31.8 Å². The number of methoxy groups -OCH3 is 1. The zero-order valence-corrected chi connectivity index (χ0v) is 16.4. The molecule has 1 aromatic carbocycles. The van der Waals surface area contributed by atoms with Gasteiger partial charge >= 0.3 is 6.18 Å². The Bertz CT molecular complexity index is 1200. The van der Waals surface area contributed by atoms with Crippen molar-refractivity contribution >= 4 is 32.4 Å². The number of fused-ring (bicyclic) bond motifs is 1. The number of rotatable bonds is 5. The first-order valence-electron chi connectivity index (χ1n) is 8.82. The van der Waals surface area contributed by atoms with Gasteiger partial charge in [-0.2, -0.15) is 13.2 Å². The van der Waals surface area contributed by atoms with Crippen LogP contribution in [0.1, 0.15) is 29.9 Å². The van der Waals surface area contributed by atoms with Crippen LogP contribution >= 0.6 is 0 Å². The van der Waals surface area contributed by atoms with Crippen LogP contribution in [0, 0.1) is 0 Å². The number of anilines is 2. The van der Waals surface area contributed by atoms with E-state index in [4.69, 9.17) is 4.74 Å². The molecule has 0 saturated heterocycles. The van der Waals surface area contributed by atoms with Crippen LogP contribution in [0.5, 0.6) is 5.75 Å². The van der Waals surface area contributed by atoms with Gasteiger partial charge in [0.05, 0.1) is 23.3 Å². The third-order valence-corrected chi connectivity index (χ3v) is 5.97. The van der Waals surface area contributed by atoms with Crippen LogP contribution in [-0.2, 0) is 16.0 Å². The molecule has 2 N–H and O–H groups in total. The summed E-state index contributed by atoms with van der Waals surface area (Å²) in [7, 11) is -2.01.